The van der Waals surface area contributed by atoms with Crippen molar-refractivity contribution in [3.05, 3.63) is 76.6 Å². The van der Waals surface area contributed by atoms with Crippen LogP contribution in [-0.4, -0.2) is 26.9 Å². The molecule has 4 rings (SSSR count). The molecule has 0 radical (unpaired) electrons. The number of amides is 2. The maximum absolute atomic E-state index is 12.8. The van der Waals surface area contributed by atoms with E-state index in [0.29, 0.717) is 32.8 Å². The van der Waals surface area contributed by atoms with Gasteiger partial charge in [0.15, 0.2) is 5.82 Å². The topological polar surface area (TPSA) is 110 Å². The summed E-state index contributed by atoms with van der Waals surface area (Å²) < 4.78 is 5.29. The standard InChI is InChI=1S/C25H25N5O3S/c1-15-22(34-24(27-15)18-7-5-6-12-26-18)23(32)28-17-10-8-16(9-11-17)13-21(31)29-20-14-19(33-30-20)25(2,3)4/h5-12,14H,13H2,1-4H3,(H,28,32)(H,29,30,31). The fourth-order valence-electron chi connectivity index (χ4n) is 3.16. The number of hydrogen-bond acceptors (Lipinski definition) is 7. The van der Waals surface area contributed by atoms with Crippen molar-refractivity contribution < 1.29 is 14.1 Å². The van der Waals surface area contributed by atoms with Crippen molar-refractivity contribution in [3.63, 3.8) is 0 Å². The first-order valence-corrected chi connectivity index (χ1v) is 11.6. The summed E-state index contributed by atoms with van der Waals surface area (Å²) in [6.45, 7) is 7.83. The van der Waals surface area contributed by atoms with Gasteiger partial charge in [-0.25, -0.2) is 4.98 Å². The fraction of sp³-hybridized carbons (Fsp3) is 0.240. The van der Waals surface area contributed by atoms with Crippen LogP contribution in [0.2, 0.25) is 0 Å². The zero-order valence-corrected chi connectivity index (χ0v) is 20.2. The molecule has 1 aromatic carbocycles. The number of hydrogen-bond donors (Lipinski definition) is 2. The van der Waals surface area contributed by atoms with Gasteiger partial charge in [0.1, 0.15) is 15.6 Å². The van der Waals surface area contributed by atoms with Crippen LogP contribution in [0.1, 0.15) is 47.5 Å². The SMILES string of the molecule is Cc1nc(-c2ccccn2)sc1C(=O)Nc1ccc(CC(=O)Nc2cc(C(C)(C)C)on2)cc1. The first-order valence-electron chi connectivity index (χ1n) is 10.8. The Bertz CT molecular complexity index is 1300. The zero-order chi connectivity index (χ0) is 24.3. The molecule has 3 heterocycles. The number of aryl methyl sites for hydroxylation is 1. The van der Waals surface area contributed by atoms with Crippen molar-refractivity contribution >= 4 is 34.7 Å². The molecular formula is C25H25N5O3S. The minimum atomic E-state index is -0.233. The largest absolute Gasteiger partial charge is 0.359 e. The number of carbonyl (C=O) groups is 2. The molecule has 0 unspecified atom stereocenters. The van der Waals surface area contributed by atoms with Gasteiger partial charge < -0.3 is 15.2 Å². The van der Waals surface area contributed by atoms with Crippen LogP contribution in [0.25, 0.3) is 10.7 Å². The Morgan fingerprint density at radius 1 is 1.06 bits per heavy atom. The lowest BCUT2D eigenvalue weighted by Gasteiger charge is -2.12. The highest BCUT2D eigenvalue weighted by Gasteiger charge is 2.20. The van der Waals surface area contributed by atoms with Crippen molar-refractivity contribution in [2.75, 3.05) is 10.6 Å². The van der Waals surface area contributed by atoms with Gasteiger partial charge in [-0.3, -0.25) is 14.6 Å². The monoisotopic (exact) mass is 475 g/mol. The summed E-state index contributed by atoms with van der Waals surface area (Å²) in [4.78, 5) is 34.5. The molecule has 0 spiro atoms. The molecule has 0 saturated heterocycles. The third-order valence-electron chi connectivity index (χ3n) is 4.98. The number of thiazole rings is 1. The van der Waals surface area contributed by atoms with E-state index in [4.69, 9.17) is 4.52 Å². The highest BCUT2D eigenvalue weighted by Crippen LogP contribution is 2.27. The third kappa shape index (κ3) is 5.55. The van der Waals surface area contributed by atoms with Crippen LogP contribution >= 0.6 is 11.3 Å². The van der Waals surface area contributed by atoms with Crippen LogP contribution in [0.5, 0.6) is 0 Å². The summed E-state index contributed by atoms with van der Waals surface area (Å²) in [5, 5.41) is 10.2. The van der Waals surface area contributed by atoms with Crippen molar-refractivity contribution in [2.45, 2.75) is 39.5 Å². The molecule has 0 aliphatic heterocycles. The molecule has 3 aromatic heterocycles. The van der Waals surface area contributed by atoms with Crippen molar-refractivity contribution in [1.82, 2.24) is 15.1 Å². The molecule has 8 nitrogen and oxygen atoms in total. The van der Waals surface area contributed by atoms with Gasteiger partial charge in [0.2, 0.25) is 5.91 Å². The van der Waals surface area contributed by atoms with Crippen LogP contribution < -0.4 is 10.6 Å². The Labute approximate surface area is 201 Å². The number of rotatable bonds is 6. The molecular weight excluding hydrogens is 450 g/mol. The Morgan fingerprint density at radius 2 is 1.82 bits per heavy atom. The van der Waals surface area contributed by atoms with Crippen molar-refractivity contribution in [1.29, 1.82) is 0 Å². The van der Waals surface area contributed by atoms with Crippen LogP contribution in [-0.2, 0) is 16.6 Å². The predicted molar refractivity (Wildman–Crippen MR) is 132 cm³/mol. The first kappa shape index (κ1) is 23.3. The first-order chi connectivity index (χ1) is 16.2. The number of nitrogens with one attached hydrogen (secondary N) is 2. The number of aromatic nitrogens is 3. The summed E-state index contributed by atoms with van der Waals surface area (Å²) >= 11 is 1.30. The highest BCUT2D eigenvalue weighted by atomic mass is 32.1. The lowest BCUT2D eigenvalue weighted by molar-refractivity contribution is -0.115. The lowest BCUT2D eigenvalue weighted by atomic mass is 9.93. The molecule has 2 amide bonds. The van der Waals surface area contributed by atoms with Gasteiger partial charge in [-0.2, -0.15) is 0 Å². The Hall–Kier alpha value is -3.85. The zero-order valence-electron chi connectivity index (χ0n) is 19.4. The van der Waals surface area contributed by atoms with E-state index in [-0.39, 0.29) is 23.7 Å². The molecule has 0 saturated carbocycles. The molecule has 4 aromatic rings. The summed E-state index contributed by atoms with van der Waals surface area (Å²) in [5.41, 5.74) is 2.64. The summed E-state index contributed by atoms with van der Waals surface area (Å²) in [7, 11) is 0. The second kappa shape index (κ2) is 9.56. The lowest BCUT2D eigenvalue weighted by Crippen LogP contribution is -2.15. The van der Waals surface area contributed by atoms with E-state index in [2.05, 4.69) is 25.8 Å². The Kier molecular flexibility index (Phi) is 6.56. The second-order valence-corrected chi connectivity index (χ2v) is 9.85. The van der Waals surface area contributed by atoms with E-state index in [9.17, 15) is 9.59 Å². The summed E-state index contributed by atoms with van der Waals surface area (Å²) in [5.74, 6) is 0.659. The molecule has 0 atom stereocenters. The number of anilines is 2. The summed E-state index contributed by atoms with van der Waals surface area (Å²) in [6, 6.07) is 14.5. The molecule has 0 aliphatic carbocycles. The van der Waals surface area contributed by atoms with E-state index in [0.717, 1.165) is 11.3 Å². The van der Waals surface area contributed by atoms with Crippen LogP contribution in [0, 0.1) is 6.92 Å². The molecule has 9 heteroatoms. The van der Waals surface area contributed by atoms with Crippen LogP contribution in [0.15, 0.2) is 59.3 Å². The van der Waals surface area contributed by atoms with E-state index in [1.54, 1.807) is 43.5 Å². The van der Waals surface area contributed by atoms with E-state index in [1.165, 1.54) is 11.3 Å². The highest BCUT2D eigenvalue weighted by molar-refractivity contribution is 7.17. The van der Waals surface area contributed by atoms with Gasteiger partial charge in [0.25, 0.3) is 5.91 Å². The molecule has 0 aliphatic rings. The minimum absolute atomic E-state index is 0.174. The molecule has 0 fully saturated rings. The average molecular weight is 476 g/mol. The van der Waals surface area contributed by atoms with Gasteiger partial charge in [0, 0.05) is 23.4 Å². The average Bonchev–Trinajstić information content (AvgIpc) is 3.42. The van der Waals surface area contributed by atoms with E-state index < -0.39 is 0 Å². The minimum Gasteiger partial charge on any atom is -0.359 e. The molecule has 0 bridgehead atoms. The Morgan fingerprint density at radius 3 is 2.47 bits per heavy atom. The van der Waals surface area contributed by atoms with E-state index in [1.807, 2.05) is 39.0 Å². The molecule has 2 N–H and O–H groups in total. The quantitative estimate of drug-likeness (QED) is 0.395. The van der Waals surface area contributed by atoms with Crippen LogP contribution in [0.4, 0.5) is 11.5 Å². The third-order valence-corrected chi connectivity index (χ3v) is 6.16. The van der Waals surface area contributed by atoms with Gasteiger partial charge >= 0.3 is 0 Å². The number of pyridine rings is 1. The number of benzene rings is 1. The summed E-state index contributed by atoms with van der Waals surface area (Å²) in [6.07, 6.45) is 1.87. The van der Waals surface area contributed by atoms with Gasteiger partial charge in [-0.15, -0.1) is 11.3 Å². The Balaban J connectivity index is 1.36. The predicted octanol–water partition coefficient (Wildman–Crippen LogP) is 5.23. The van der Waals surface area contributed by atoms with Crippen molar-refractivity contribution in [3.8, 4) is 10.7 Å². The van der Waals surface area contributed by atoms with Gasteiger partial charge in [0.05, 0.1) is 17.8 Å². The maximum Gasteiger partial charge on any atom is 0.267 e. The van der Waals surface area contributed by atoms with Gasteiger partial charge in [-0.1, -0.05) is 44.1 Å². The fourth-order valence-corrected chi connectivity index (χ4v) is 4.10. The van der Waals surface area contributed by atoms with Crippen LogP contribution in [0.3, 0.4) is 0 Å². The number of carbonyl (C=O) groups excluding carboxylic acids is 2. The molecule has 34 heavy (non-hydrogen) atoms. The normalized spacial score (nSPS) is 11.3. The maximum atomic E-state index is 12.8. The van der Waals surface area contributed by atoms with Crippen molar-refractivity contribution in [2.24, 2.45) is 0 Å². The second-order valence-electron chi connectivity index (χ2n) is 8.85. The number of nitrogens with zero attached hydrogens (tertiary/aromatic N) is 3. The smallest absolute Gasteiger partial charge is 0.267 e. The van der Waals surface area contributed by atoms with Gasteiger partial charge in [-0.05, 0) is 36.8 Å². The van der Waals surface area contributed by atoms with E-state index >= 15 is 0 Å². The molecule has 174 valence electrons.